The van der Waals surface area contributed by atoms with Crippen molar-refractivity contribution in [2.45, 2.75) is 18.5 Å². The van der Waals surface area contributed by atoms with Crippen LogP contribution in [0.4, 0.5) is 27.8 Å². The number of carboxylic acids is 1. The second kappa shape index (κ2) is 6.11. The zero-order valence-corrected chi connectivity index (χ0v) is 13.0. The standard InChI is InChI=1S/C16H12F5N3O2/c17-15(18,16(19,20)21)5-6-22-13-12-2-1-7-24(12)11-4-3-9(14(25)26)8-10(11)23-13/h1-4,7-8H,5-6H2,(H,22,23)(H,25,26). The van der Waals surface area contributed by atoms with E-state index in [0.717, 1.165) is 0 Å². The van der Waals surface area contributed by atoms with Gasteiger partial charge in [0.25, 0.3) is 0 Å². The molecule has 0 aliphatic rings. The number of nitrogens with zero attached hydrogens (tertiary/aromatic N) is 2. The molecule has 0 saturated carbocycles. The molecule has 26 heavy (non-hydrogen) atoms. The molecule has 0 radical (unpaired) electrons. The van der Waals surface area contributed by atoms with Crippen molar-refractivity contribution in [1.29, 1.82) is 0 Å². The predicted octanol–water partition coefficient (Wildman–Crippen LogP) is 4.19. The van der Waals surface area contributed by atoms with Gasteiger partial charge in [-0.25, -0.2) is 9.78 Å². The van der Waals surface area contributed by atoms with Crippen LogP contribution in [-0.4, -0.2) is 39.1 Å². The summed E-state index contributed by atoms with van der Waals surface area (Å²) >= 11 is 0. The summed E-state index contributed by atoms with van der Waals surface area (Å²) in [5, 5.41) is 11.5. The van der Waals surface area contributed by atoms with Crippen molar-refractivity contribution in [2.75, 3.05) is 11.9 Å². The zero-order valence-electron chi connectivity index (χ0n) is 13.0. The fourth-order valence-corrected chi connectivity index (χ4v) is 2.52. The van der Waals surface area contributed by atoms with E-state index in [1.54, 1.807) is 28.8 Å². The molecular weight excluding hydrogens is 361 g/mol. The normalized spacial score (nSPS) is 12.7. The Hall–Kier alpha value is -2.91. The highest BCUT2D eigenvalue weighted by molar-refractivity contribution is 5.94. The van der Waals surface area contributed by atoms with Gasteiger partial charge in [-0.05, 0) is 30.3 Å². The summed E-state index contributed by atoms with van der Waals surface area (Å²) in [5.41, 5.74) is 1.28. The molecule has 0 atom stereocenters. The number of alkyl halides is 5. The van der Waals surface area contributed by atoms with Crippen LogP contribution in [0.15, 0.2) is 36.5 Å². The molecule has 0 fully saturated rings. The van der Waals surface area contributed by atoms with Crippen LogP contribution in [0.3, 0.4) is 0 Å². The lowest BCUT2D eigenvalue weighted by Crippen LogP contribution is -2.38. The Labute approximate surface area is 143 Å². The van der Waals surface area contributed by atoms with Gasteiger partial charge < -0.3 is 14.8 Å². The third-order valence-electron chi connectivity index (χ3n) is 3.85. The first kappa shape index (κ1) is 17.9. The van der Waals surface area contributed by atoms with E-state index in [1.165, 1.54) is 12.1 Å². The van der Waals surface area contributed by atoms with Crippen LogP contribution >= 0.6 is 0 Å². The molecule has 0 spiro atoms. The average Bonchev–Trinajstić information content (AvgIpc) is 3.03. The first-order chi connectivity index (χ1) is 12.1. The number of aromatic nitrogens is 2. The first-order valence-electron chi connectivity index (χ1n) is 7.43. The van der Waals surface area contributed by atoms with Crippen LogP contribution in [-0.2, 0) is 0 Å². The lowest BCUT2D eigenvalue weighted by molar-refractivity contribution is -0.283. The minimum absolute atomic E-state index is 0.0222. The summed E-state index contributed by atoms with van der Waals surface area (Å²) in [7, 11) is 0. The van der Waals surface area contributed by atoms with Gasteiger partial charge >= 0.3 is 18.1 Å². The molecule has 138 valence electrons. The maximum atomic E-state index is 13.0. The van der Waals surface area contributed by atoms with Crippen LogP contribution in [0.2, 0.25) is 0 Å². The number of benzene rings is 1. The summed E-state index contributed by atoms with van der Waals surface area (Å²) in [6, 6.07) is 7.49. The van der Waals surface area contributed by atoms with Gasteiger partial charge in [0.15, 0.2) is 5.82 Å². The van der Waals surface area contributed by atoms with E-state index in [1.807, 2.05) is 0 Å². The zero-order chi connectivity index (χ0) is 19.1. The summed E-state index contributed by atoms with van der Waals surface area (Å²) in [6.45, 7) is -0.662. The third kappa shape index (κ3) is 3.14. The molecule has 3 aromatic rings. The molecule has 2 N–H and O–H groups in total. The lowest BCUT2D eigenvalue weighted by Gasteiger charge is -2.20. The number of carboxylic acid groups (broad SMARTS) is 1. The highest BCUT2D eigenvalue weighted by Crippen LogP contribution is 2.38. The summed E-state index contributed by atoms with van der Waals surface area (Å²) in [6.07, 6.45) is -5.42. The summed E-state index contributed by atoms with van der Waals surface area (Å²) in [5.74, 6) is -5.89. The Morgan fingerprint density at radius 3 is 2.54 bits per heavy atom. The molecule has 5 nitrogen and oxygen atoms in total. The number of aromatic carboxylic acids is 1. The van der Waals surface area contributed by atoms with Gasteiger partial charge in [0.05, 0.1) is 22.1 Å². The fourth-order valence-electron chi connectivity index (χ4n) is 2.52. The van der Waals surface area contributed by atoms with Crippen LogP contribution in [0.25, 0.3) is 16.6 Å². The van der Waals surface area contributed by atoms with Crippen molar-refractivity contribution >= 4 is 28.3 Å². The van der Waals surface area contributed by atoms with Crippen LogP contribution < -0.4 is 5.32 Å². The topological polar surface area (TPSA) is 66.6 Å². The van der Waals surface area contributed by atoms with Gasteiger partial charge in [-0.15, -0.1) is 0 Å². The average molecular weight is 373 g/mol. The molecule has 0 saturated heterocycles. The van der Waals surface area contributed by atoms with Crippen molar-refractivity contribution in [3.05, 3.63) is 42.1 Å². The predicted molar refractivity (Wildman–Crippen MR) is 83.8 cm³/mol. The lowest BCUT2D eigenvalue weighted by atomic mass is 10.2. The van der Waals surface area contributed by atoms with Crippen molar-refractivity contribution in [3.8, 4) is 0 Å². The minimum atomic E-state index is -5.62. The van der Waals surface area contributed by atoms with Crippen molar-refractivity contribution in [2.24, 2.45) is 0 Å². The Bertz CT molecular complexity index is 981. The Morgan fingerprint density at radius 1 is 1.15 bits per heavy atom. The molecule has 3 rings (SSSR count). The molecule has 0 aliphatic heterocycles. The van der Waals surface area contributed by atoms with Gasteiger partial charge in [-0.3, -0.25) is 0 Å². The fraction of sp³-hybridized carbons (Fsp3) is 0.250. The Kier molecular flexibility index (Phi) is 4.21. The van der Waals surface area contributed by atoms with Crippen LogP contribution in [0.5, 0.6) is 0 Å². The van der Waals surface area contributed by atoms with Gasteiger partial charge in [-0.1, -0.05) is 0 Å². The van der Waals surface area contributed by atoms with Gasteiger partial charge in [0.1, 0.15) is 0 Å². The van der Waals surface area contributed by atoms with Gasteiger partial charge in [-0.2, -0.15) is 22.0 Å². The van der Waals surface area contributed by atoms with E-state index in [0.29, 0.717) is 11.0 Å². The van der Waals surface area contributed by atoms with Crippen molar-refractivity contribution in [3.63, 3.8) is 0 Å². The van der Waals surface area contributed by atoms with Gasteiger partial charge in [0.2, 0.25) is 0 Å². The molecule has 0 unspecified atom stereocenters. The van der Waals surface area contributed by atoms with Crippen molar-refractivity contribution < 1.29 is 31.9 Å². The van der Waals surface area contributed by atoms with Crippen LogP contribution in [0.1, 0.15) is 16.8 Å². The summed E-state index contributed by atoms with van der Waals surface area (Å²) in [4.78, 5) is 15.3. The number of fused-ring (bicyclic) bond motifs is 3. The maximum Gasteiger partial charge on any atom is 0.453 e. The second-order valence-corrected chi connectivity index (χ2v) is 5.61. The number of anilines is 1. The summed E-state index contributed by atoms with van der Waals surface area (Å²) < 4.78 is 64.4. The first-order valence-corrected chi connectivity index (χ1v) is 7.43. The number of nitrogens with one attached hydrogen (secondary N) is 1. The van der Waals surface area contributed by atoms with E-state index in [4.69, 9.17) is 5.11 Å². The number of halogens is 5. The second-order valence-electron chi connectivity index (χ2n) is 5.61. The van der Waals surface area contributed by atoms with E-state index < -0.39 is 31.0 Å². The number of hydrogen-bond acceptors (Lipinski definition) is 3. The third-order valence-corrected chi connectivity index (χ3v) is 3.85. The molecule has 10 heteroatoms. The molecule has 0 aliphatic carbocycles. The molecule has 2 heterocycles. The number of hydrogen-bond donors (Lipinski definition) is 2. The highest BCUT2D eigenvalue weighted by Gasteiger charge is 2.56. The van der Waals surface area contributed by atoms with Crippen molar-refractivity contribution in [1.82, 2.24) is 9.38 Å². The molecule has 1 aromatic carbocycles. The maximum absolute atomic E-state index is 13.0. The molecule has 2 aromatic heterocycles. The molecular formula is C16H12F5N3O2. The monoisotopic (exact) mass is 373 g/mol. The van der Waals surface area contributed by atoms with Gasteiger partial charge in [0, 0.05) is 19.2 Å². The van der Waals surface area contributed by atoms with Crippen LogP contribution in [0, 0.1) is 0 Å². The van der Waals surface area contributed by atoms with E-state index in [2.05, 4.69) is 10.3 Å². The number of carbonyl (C=O) groups is 1. The largest absolute Gasteiger partial charge is 0.478 e. The molecule has 0 amide bonds. The highest BCUT2D eigenvalue weighted by atomic mass is 19.4. The number of rotatable bonds is 5. The Balaban J connectivity index is 1.94. The molecule has 0 bridgehead atoms. The van der Waals surface area contributed by atoms with E-state index >= 15 is 0 Å². The van der Waals surface area contributed by atoms with E-state index in [9.17, 15) is 26.7 Å². The quantitative estimate of drug-likeness (QED) is 0.659. The Morgan fingerprint density at radius 2 is 1.88 bits per heavy atom. The smallest absolute Gasteiger partial charge is 0.453 e. The minimum Gasteiger partial charge on any atom is -0.478 e. The SMILES string of the molecule is O=C(O)c1ccc2c(c1)nc(NCCC(F)(F)C(F)(F)F)c1cccn12. The van der Waals surface area contributed by atoms with E-state index in [-0.39, 0.29) is 16.9 Å².